The van der Waals surface area contributed by atoms with Crippen LogP contribution in [0, 0.1) is 6.92 Å². The van der Waals surface area contributed by atoms with Crippen molar-refractivity contribution in [1.82, 2.24) is 14.6 Å². The number of nitrogens with zero attached hydrogens (tertiary/aromatic N) is 3. The Kier molecular flexibility index (Phi) is 4.51. The highest BCUT2D eigenvalue weighted by atomic mass is 79.9. The normalized spacial score (nSPS) is 17.7. The molecule has 3 aromatic heterocycles. The molecule has 0 radical (unpaired) electrons. The summed E-state index contributed by atoms with van der Waals surface area (Å²) in [6.07, 6.45) is 2.21. The van der Waals surface area contributed by atoms with E-state index in [0.29, 0.717) is 6.54 Å². The molecular formula is C16H16BrClN4OS. The van der Waals surface area contributed by atoms with Crippen molar-refractivity contribution in [2.75, 3.05) is 11.9 Å². The highest BCUT2D eigenvalue weighted by molar-refractivity contribution is 9.10. The van der Waals surface area contributed by atoms with Crippen molar-refractivity contribution in [3.05, 3.63) is 43.4 Å². The van der Waals surface area contributed by atoms with Crippen molar-refractivity contribution >= 4 is 50.2 Å². The highest BCUT2D eigenvalue weighted by Crippen LogP contribution is 2.40. The van der Waals surface area contributed by atoms with Gasteiger partial charge >= 0.3 is 0 Å². The predicted octanol–water partition coefficient (Wildman–Crippen LogP) is 4.98. The molecule has 0 aliphatic carbocycles. The predicted molar refractivity (Wildman–Crippen MR) is 100 cm³/mol. The van der Waals surface area contributed by atoms with Crippen molar-refractivity contribution in [2.45, 2.75) is 32.4 Å². The first-order valence-corrected chi connectivity index (χ1v) is 9.82. The van der Waals surface area contributed by atoms with Gasteiger partial charge in [0.25, 0.3) is 0 Å². The number of aryl methyl sites for hydroxylation is 1. The third kappa shape index (κ3) is 2.83. The second kappa shape index (κ2) is 6.63. The molecule has 1 unspecified atom stereocenters. The molecule has 0 bridgehead atoms. The lowest BCUT2D eigenvalue weighted by atomic mass is 10.1. The van der Waals surface area contributed by atoms with E-state index in [-0.39, 0.29) is 11.4 Å². The van der Waals surface area contributed by atoms with Crippen molar-refractivity contribution in [2.24, 2.45) is 0 Å². The van der Waals surface area contributed by atoms with E-state index >= 15 is 0 Å². The summed E-state index contributed by atoms with van der Waals surface area (Å²) in [5.41, 5.74) is 3.20. The molecule has 1 saturated heterocycles. The maximum atomic E-state index is 6.15. The largest absolute Gasteiger partial charge is 0.373 e. The lowest BCUT2D eigenvalue weighted by Gasteiger charge is -2.09. The first-order chi connectivity index (χ1) is 11.6. The Labute approximate surface area is 157 Å². The molecule has 1 N–H and O–H groups in total. The molecule has 0 saturated carbocycles. The molecule has 3 aromatic rings. The summed E-state index contributed by atoms with van der Waals surface area (Å²) in [6, 6.07) is 4.13. The van der Waals surface area contributed by atoms with E-state index in [1.54, 1.807) is 11.3 Å². The number of aromatic nitrogens is 3. The van der Waals surface area contributed by atoms with Crippen LogP contribution in [-0.2, 0) is 11.3 Å². The molecule has 24 heavy (non-hydrogen) atoms. The molecule has 1 atom stereocenters. The van der Waals surface area contributed by atoms with Gasteiger partial charge in [0.15, 0.2) is 5.82 Å². The topological polar surface area (TPSA) is 51.5 Å². The van der Waals surface area contributed by atoms with Gasteiger partial charge in [-0.15, -0.1) is 16.4 Å². The zero-order valence-electron chi connectivity index (χ0n) is 13.1. The number of rotatable bonds is 4. The van der Waals surface area contributed by atoms with Gasteiger partial charge in [-0.3, -0.25) is 0 Å². The van der Waals surface area contributed by atoms with Crippen molar-refractivity contribution in [3.63, 3.8) is 0 Å². The number of ether oxygens (including phenoxy) is 1. The monoisotopic (exact) mass is 426 g/mol. The molecule has 1 aliphatic rings. The quantitative estimate of drug-likeness (QED) is 0.638. The third-order valence-electron chi connectivity index (χ3n) is 4.25. The summed E-state index contributed by atoms with van der Waals surface area (Å²) in [5, 5.41) is 10.0. The molecule has 5 nitrogen and oxygen atoms in total. The lowest BCUT2D eigenvalue weighted by Crippen LogP contribution is -2.05. The summed E-state index contributed by atoms with van der Waals surface area (Å²) in [4.78, 5) is 5.65. The molecule has 126 valence electrons. The van der Waals surface area contributed by atoms with Crippen LogP contribution >= 0.6 is 38.9 Å². The first-order valence-electron chi connectivity index (χ1n) is 7.77. The van der Waals surface area contributed by atoms with E-state index in [1.807, 2.05) is 10.6 Å². The van der Waals surface area contributed by atoms with Crippen LogP contribution in [0.1, 0.15) is 34.9 Å². The molecule has 0 aromatic carbocycles. The van der Waals surface area contributed by atoms with Gasteiger partial charge in [0.2, 0.25) is 5.28 Å². The number of fused-ring (bicyclic) bond motifs is 1. The van der Waals surface area contributed by atoms with Gasteiger partial charge in [-0.25, -0.2) is 4.52 Å². The number of nitrogens with one attached hydrogen (secondary N) is 1. The fourth-order valence-electron chi connectivity index (χ4n) is 3.16. The summed E-state index contributed by atoms with van der Waals surface area (Å²) >= 11 is 11.5. The van der Waals surface area contributed by atoms with Gasteiger partial charge in [-0.2, -0.15) is 4.98 Å². The van der Waals surface area contributed by atoms with Gasteiger partial charge in [-0.1, -0.05) is 6.07 Å². The minimum atomic E-state index is 0.102. The molecule has 4 heterocycles. The zero-order chi connectivity index (χ0) is 16.7. The summed E-state index contributed by atoms with van der Waals surface area (Å²) in [5.74, 6) is 0.742. The van der Waals surface area contributed by atoms with Crippen LogP contribution in [-0.4, -0.2) is 21.2 Å². The molecule has 1 fully saturated rings. The van der Waals surface area contributed by atoms with Crippen LogP contribution < -0.4 is 5.32 Å². The van der Waals surface area contributed by atoms with Crippen molar-refractivity contribution in [1.29, 1.82) is 0 Å². The van der Waals surface area contributed by atoms with Crippen LogP contribution in [0.15, 0.2) is 22.1 Å². The minimum Gasteiger partial charge on any atom is -0.373 e. The first kappa shape index (κ1) is 16.3. The van der Waals surface area contributed by atoms with Gasteiger partial charge in [0, 0.05) is 17.0 Å². The maximum absolute atomic E-state index is 6.15. The number of halogens is 2. The van der Waals surface area contributed by atoms with E-state index in [4.69, 9.17) is 16.3 Å². The second-order valence-electron chi connectivity index (χ2n) is 5.75. The zero-order valence-corrected chi connectivity index (χ0v) is 16.2. The Balaban J connectivity index is 1.79. The highest BCUT2D eigenvalue weighted by Gasteiger charge is 2.28. The summed E-state index contributed by atoms with van der Waals surface area (Å²) in [6.45, 7) is 3.60. The van der Waals surface area contributed by atoms with Gasteiger partial charge in [0.05, 0.1) is 12.6 Å². The van der Waals surface area contributed by atoms with Gasteiger partial charge < -0.3 is 10.1 Å². The average molecular weight is 428 g/mol. The fourth-order valence-corrected chi connectivity index (χ4v) is 4.78. The molecule has 4 rings (SSSR count). The Morgan fingerprint density at radius 2 is 2.42 bits per heavy atom. The van der Waals surface area contributed by atoms with E-state index in [9.17, 15) is 0 Å². The van der Waals surface area contributed by atoms with E-state index in [0.717, 1.165) is 46.5 Å². The molecule has 1 aliphatic heterocycles. The SMILES string of the molecule is Cc1c(C2CCCO2)c(Br)n2nc(Cl)nc(NCc3cccs3)c12. The van der Waals surface area contributed by atoms with E-state index in [2.05, 4.69) is 49.7 Å². The molecule has 0 amide bonds. The summed E-state index contributed by atoms with van der Waals surface area (Å²) in [7, 11) is 0. The second-order valence-corrected chi connectivity index (χ2v) is 7.88. The van der Waals surface area contributed by atoms with Gasteiger partial charge in [-0.05, 0) is 64.3 Å². The minimum absolute atomic E-state index is 0.102. The van der Waals surface area contributed by atoms with Crippen LogP contribution in [0.25, 0.3) is 5.52 Å². The smallest absolute Gasteiger partial charge is 0.243 e. The average Bonchev–Trinajstić information content (AvgIpc) is 3.28. The lowest BCUT2D eigenvalue weighted by molar-refractivity contribution is 0.111. The van der Waals surface area contributed by atoms with Crippen molar-refractivity contribution in [3.8, 4) is 0 Å². The van der Waals surface area contributed by atoms with Crippen LogP contribution in [0.3, 0.4) is 0 Å². The summed E-state index contributed by atoms with van der Waals surface area (Å²) < 4.78 is 8.59. The van der Waals surface area contributed by atoms with Crippen LogP contribution in [0.4, 0.5) is 5.82 Å². The van der Waals surface area contributed by atoms with Gasteiger partial charge in [0.1, 0.15) is 10.1 Å². The number of thiophene rings is 1. The number of hydrogen-bond acceptors (Lipinski definition) is 5. The molecular weight excluding hydrogens is 412 g/mol. The Morgan fingerprint density at radius 1 is 1.54 bits per heavy atom. The number of hydrogen-bond donors (Lipinski definition) is 1. The molecule has 8 heteroatoms. The third-order valence-corrected chi connectivity index (χ3v) is 6.05. The van der Waals surface area contributed by atoms with E-state index < -0.39 is 0 Å². The Hall–Kier alpha value is -1.15. The van der Waals surface area contributed by atoms with Crippen LogP contribution in [0.5, 0.6) is 0 Å². The molecule has 0 spiro atoms. The standard InChI is InChI=1S/C16H16BrClN4OS/c1-9-12(11-5-2-6-23-11)14(17)22-13(9)15(20-16(18)21-22)19-8-10-4-3-7-24-10/h3-4,7,11H,2,5-6,8H2,1H3,(H,19,20,21). The van der Waals surface area contributed by atoms with Crippen LogP contribution in [0.2, 0.25) is 5.28 Å². The Bertz CT molecular complexity index is 874. The van der Waals surface area contributed by atoms with E-state index in [1.165, 1.54) is 4.88 Å². The maximum Gasteiger partial charge on any atom is 0.243 e. The Morgan fingerprint density at radius 3 is 3.12 bits per heavy atom. The fraction of sp³-hybridized carbons (Fsp3) is 0.375. The van der Waals surface area contributed by atoms with Crippen molar-refractivity contribution < 1.29 is 4.74 Å². The number of anilines is 1.